The summed E-state index contributed by atoms with van der Waals surface area (Å²) in [4.78, 5) is 12.3. The van der Waals surface area contributed by atoms with Crippen molar-refractivity contribution in [3.63, 3.8) is 0 Å². The fraction of sp³-hybridized carbons (Fsp3) is 0.278. The molecule has 102 valence electrons. The molecular weight excluding hydrogens is 248 g/mol. The van der Waals surface area contributed by atoms with Gasteiger partial charge in [-0.05, 0) is 35.6 Å². The highest BCUT2D eigenvalue weighted by molar-refractivity contribution is 5.89. The van der Waals surface area contributed by atoms with Crippen molar-refractivity contribution in [3.8, 4) is 5.75 Å². The Morgan fingerprint density at radius 1 is 0.950 bits per heavy atom. The van der Waals surface area contributed by atoms with Crippen LogP contribution >= 0.6 is 0 Å². The van der Waals surface area contributed by atoms with Crippen LogP contribution < -0.4 is 4.74 Å². The van der Waals surface area contributed by atoms with Crippen molar-refractivity contribution >= 4 is 5.78 Å². The average Bonchev–Trinajstić information content (AvgIpc) is 2.90. The Morgan fingerprint density at radius 2 is 1.65 bits per heavy atom. The molecule has 0 saturated heterocycles. The van der Waals surface area contributed by atoms with Crippen molar-refractivity contribution in [1.29, 1.82) is 0 Å². The second kappa shape index (κ2) is 5.49. The van der Waals surface area contributed by atoms with Gasteiger partial charge in [-0.1, -0.05) is 42.5 Å². The molecule has 0 bridgehead atoms. The zero-order valence-electron chi connectivity index (χ0n) is 11.6. The Hall–Kier alpha value is -2.09. The van der Waals surface area contributed by atoms with E-state index >= 15 is 0 Å². The molecule has 0 radical (unpaired) electrons. The van der Waals surface area contributed by atoms with Crippen LogP contribution in [0.1, 0.15) is 35.8 Å². The summed E-state index contributed by atoms with van der Waals surface area (Å²) >= 11 is 0. The van der Waals surface area contributed by atoms with Gasteiger partial charge in [0.25, 0.3) is 0 Å². The number of hydrogen-bond donors (Lipinski definition) is 0. The van der Waals surface area contributed by atoms with Gasteiger partial charge in [0, 0.05) is 12.3 Å². The molecule has 2 nitrogen and oxygen atoms in total. The first-order valence-corrected chi connectivity index (χ1v) is 7.01. The van der Waals surface area contributed by atoms with Gasteiger partial charge in [-0.15, -0.1) is 0 Å². The van der Waals surface area contributed by atoms with Crippen LogP contribution in [0, 0.1) is 0 Å². The molecule has 0 spiro atoms. The van der Waals surface area contributed by atoms with Crippen LogP contribution in [0.25, 0.3) is 0 Å². The van der Waals surface area contributed by atoms with Crippen LogP contribution in [0.5, 0.6) is 5.75 Å². The third-order valence-electron chi connectivity index (χ3n) is 4.15. The van der Waals surface area contributed by atoms with E-state index in [1.807, 2.05) is 42.5 Å². The fourth-order valence-electron chi connectivity index (χ4n) is 3.13. The van der Waals surface area contributed by atoms with Gasteiger partial charge in [-0.2, -0.15) is 0 Å². The van der Waals surface area contributed by atoms with E-state index in [-0.39, 0.29) is 5.92 Å². The molecule has 0 unspecified atom stereocenters. The largest absolute Gasteiger partial charge is 0.497 e. The van der Waals surface area contributed by atoms with Crippen molar-refractivity contribution in [1.82, 2.24) is 0 Å². The lowest BCUT2D eigenvalue weighted by molar-refractivity contribution is -0.118. The van der Waals surface area contributed by atoms with Gasteiger partial charge >= 0.3 is 0 Å². The number of ether oxygens (including phenoxy) is 1. The Balaban J connectivity index is 1.94. The average molecular weight is 266 g/mol. The van der Waals surface area contributed by atoms with Crippen LogP contribution in [0.15, 0.2) is 54.6 Å². The summed E-state index contributed by atoms with van der Waals surface area (Å²) in [7, 11) is 1.66. The monoisotopic (exact) mass is 266 g/mol. The molecule has 0 N–H and O–H groups in total. The molecule has 2 heteroatoms. The molecule has 0 aliphatic heterocycles. The normalized spacial score (nSPS) is 21.9. The van der Waals surface area contributed by atoms with Crippen molar-refractivity contribution in [2.45, 2.75) is 24.7 Å². The van der Waals surface area contributed by atoms with E-state index in [0.717, 1.165) is 17.7 Å². The van der Waals surface area contributed by atoms with E-state index in [0.29, 0.717) is 18.1 Å². The van der Waals surface area contributed by atoms with E-state index < -0.39 is 0 Å². The first-order chi connectivity index (χ1) is 9.79. The number of benzene rings is 2. The highest BCUT2D eigenvalue weighted by Gasteiger charge is 2.36. The highest BCUT2D eigenvalue weighted by atomic mass is 16.5. The van der Waals surface area contributed by atoms with Crippen molar-refractivity contribution in [2.75, 3.05) is 7.11 Å². The molecule has 1 fully saturated rings. The lowest BCUT2D eigenvalue weighted by Crippen LogP contribution is -2.11. The lowest BCUT2D eigenvalue weighted by Gasteiger charge is -2.19. The molecule has 2 aromatic carbocycles. The summed E-state index contributed by atoms with van der Waals surface area (Å²) in [5.74, 6) is 1.47. The summed E-state index contributed by atoms with van der Waals surface area (Å²) in [6.07, 6.45) is 1.62. The fourth-order valence-corrected chi connectivity index (χ4v) is 3.13. The van der Waals surface area contributed by atoms with Crippen molar-refractivity contribution < 1.29 is 9.53 Å². The highest BCUT2D eigenvalue weighted by Crippen LogP contribution is 2.43. The van der Waals surface area contributed by atoms with Gasteiger partial charge in [0.1, 0.15) is 11.5 Å². The third-order valence-corrected chi connectivity index (χ3v) is 4.15. The molecule has 1 saturated carbocycles. The van der Waals surface area contributed by atoms with Gasteiger partial charge in [-0.25, -0.2) is 0 Å². The standard InChI is InChI=1S/C18H18O2/c1-20-15-9-7-14(8-10-15)18-16(11-12-17(18)19)13-5-3-2-4-6-13/h2-10,16,18H,11-12H2,1H3/t16-,18-/m0/s1. The smallest absolute Gasteiger partial charge is 0.140 e. The molecule has 20 heavy (non-hydrogen) atoms. The second-order valence-electron chi connectivity index (χ2n) is 5.27. The molecule has 2 aromatic rings. The molecule has 2 atom stereocenters. The predicted octanol–water partition coefficient (Wildman–Crippen LogP) is 3.93. The van der Waals surface area contributed by atoms with Gasteiger partial charge in [0.2, 0.25) is 0 Å². The zero-order valence-corrected chi connectivity index (χ0v) is 11.6. The summed E-state index contributed by atoms with van der Waals surface area (Å²) in [5.41, 5.74) is 2.36. The molecule has 1 aliphatic rings. The third kappa shape index (κ3) is 2.34. The predicted molar refractivity (Wildman–Crippen MR) is 79.2 cm³/mol. The minimum atomic E-state index is -0.0108. The second-order valence-corrected chi connectivity index (χ2v) is 5.27. The quantitative estimate of drug-likeness (QED) is 0.841. The minimum absolute atomic E-state index is 0.0108. The SMILES string of the molecule is COc1ccc([C@@H]2C(=O)CC[C@H]2c2ccccc2)cc1. The van der Waals surface area contributed by atoms with Gasteiger partial charge in [-0.3, -0.25) is 4.79 Å². The van der Waals surface area contributed by atoms with E-state index in [1.165, 1.54) is 5.56 Å². The number of methoxy groups -OCH3 is 1. The Kier molecular flexibility index (Phi) is 3.55. The molecule has 0 heterocycles. The van der Waals surface area contributed by atoms with Crippen LogP contribution in [0.4, 0.5) is 0 Å². The van der Waals surface area contributed by atoms with E-state index in [9.17, 15) is 4.79 Å². The number of Topliss-reactive ketones (excluding diaryl/α,β-unsaturated/α-hetero) is 1. The van der Waals surface area contributed by atoms with Crippen molar-refractivity contribution in [2.24, 2.45) is 0 Å². The lowest BCUT2D eigenvalue weighted by atomic mass is 9.84. The van der Waals surface area contributed by atoms with Gasteiger partial charge in [0.15, 0.2) is 0 Å². The maximum Gasteiger partial charge on any atom is 0.140 e. The number of hydrogen-bond acceptors (Lipinski definition) is 2. The first-order valence-electron chi connectivity index (χ1n) is 7.01. The molecule has 0 aromatic heterocycles. The summed E-state index contributed by atoms with van der Waals surface area (Å²) in [6, 6.07) is 18.3. The Bertz CT molecular complexity index is 587. The maximum absolute atomic E-state index is 12.3. The van der Waals surface area contributed by atoms with Gasteiger partial charge in [0.05, 0.1) is 7.11 Å². The summed E-state index contributed by atoms with van der Waals surface area (Å²) in [5, 5.41) is 0. The zero-order chi connectivity index (χ0) is 13.9. The van der Waals surface area contributed by atoms with Crippen LogP contribution in [0.3, 0.4) is 0 Å². The molecule has 1 aliphatic carbocycles. The molecule has 0 amide bonds. The Labute approximate surface area is 119 Å². The van der Waals surface area contributed by atoms with E-state index in [1.54, 1.807) is 7.11 Å². The first kappa shape index (κ1) is 12.9. The van der Waals surface area contributed by atoms with Crippen LogP contribution in [-0.2, 0) is 4.79 Å². The minimum Gasteiger partial charge on any atom is -0.497 e. The van der Waals surface area contributed by atoms with E-state index in [4.69, 9.17) is 4.74 Å². The Morgan fingerprint density at radius 3 is 2.30 bits per heavy atom. The van der Waals surface area contributed by atoms with Crippen LogP contribution in [-0.4, -0.2) is 12.9 Å². The van der Waals surface area contributed by atoms with Gasteiger partial charge < -0.3 is 4.74 Å². The van der Waals surface area contributed by atoms with Crippen LogP contribution in [0.2, 0.25) is 0 Å². The number of rotatable bonds is 3. The summed E-state index contributed by atoms with van der Waals surface area (Å²) < 4.78 is 5.19. The summed E-state index contributed by atoms with van der Waals surface area (Å²) in [6.45, 7) is 0. The number of carbonyl (C=O) groups is 1. The molecule has 3 rings (SSSR count). The number of ketones is 1. The van der Waals surface area contributed by atoms with E-state index in [2.05, 4.69) is 12.1 Å². The number of carbonyl (C=O) groups excluding carboxylic acids is 1. The topological polar surface area (TPSA) is 26.3 Å². The molecular formula is C18H18O2. The maximum atomic E-state index is 12.3. The van der Waals surface area contributed by atoms with Crippen molar-refractivity contribution in [3.05, 3.63) is 65.7 Å².